The molecule has 3 N–H and O–H groups in total. The molecular formula is C39H55FN6O5S. The van der Waals surface area contributed by atoms with E-state index in [9.17, 15) is 23.6 Å². The number of carbonyl (C=O) groups excluding carboxylic acids is 4. The molecule has 52 heavy (non-hydrogen) atoms. The molecule has 0 saturated carbocycles. The first-order valence-corrected chi connectivity index (χ1v) is 20.2. The number of nitrogens with zero attached hydrogens (tertiary/aromatic N) is 3. The normalized spacial score (nSPS) is 26.0. The number of hydrogen-bond donors (Lipinski definition) is 3. The van der Waals surface area contributed by atoms with Gasteiger partial charge in [0.1, 0.15) is 5.82 Å². The van der Waals surface area contributed by atoms with Crippen LogP contribution in [-0.4, -0.2) is 103 Å². The minimum atomic E-state index is -0.392. The fourth-order valence-electron chi connectivity index (χ4n) is 8.37. The molecule has 0 radical (unpaired) electrons. The number of carbonyl (C=O) groups is 4. The Bertz CT molecular complexity index is 1520. The largest absolute Gasteiger partial charge is 0.381 e. The number of aryl methyl sites for hydroxylation is 1. The Kier molecular flexibility index (Phi) is 13.7. The summed E-state index contributed by atoms with van der Waals surface area (Å²) in [5, 5.41) is 10.2. The quantitative estimate of drug-likeness (QED) is 0.360. The smallest absolute Gasteiger partial charge is 0.251 e. The van der Waals surface area contributed by atoms with Gasteiger partial charge in [0.2, 0.25) is 17.7 Å². The van der Waals surface area contributed by atoms with Crippen molar-refractivity contribution in [3.63, 3.8) is 0 Å². The summed E-state index contributed by atoms with van der Waals surface area (Å²) in [5.41, 5.74) is 1.17. The van der Waals surface area contributed by atoms with Crippen LogP contribution in [0.4, 0.5) is 4.39 Å². The van der Waals surface area contributed by atoms with Gasteiger partial charge in [-0.1, -0.05) is 0 Å². The average molecular weight is 739 g/mol. The Labute approximate surface area is 310 Å². The lowest BCUT2D eigenvalue weighted by atomic mass is 9.79. The van der Waals surface area contributed by atoms with Crippen LogP contribution >= 0.6 is 11.3 Å². The van der Waals surface area contributed by atoms with Crippen LogP contribution in [0.1, 0.15) is 102 Å². The van der Waals surface area contributed by atoms with Crippen molar-refractivity contribution < 1.29 is 28.3 Å². The molecule has 3 fully saturated rings. The van der Waals surface area contributed by atoms with E-state index in [0.717, 1.165) is 93.5 Å². The number of rotatable bonds is 7. The molecule has 5 aliphatic heterocycles. The number of aromatic nitrogens is 1. The minimum absolute atomic E-state index is 0.107. The Morgan fingerprint density at radius 3 is 2.50 bits per heavy atom. The fourth-order valence-corrected chi connectivity index (χ4v) is 9.48. The summed E-state index contributed by atoms with van der Waals surface area (Å²) < 4.78 is 18.9. The Morgan fingerprint density at radius 1 is 0.962 bits per heavy atom. The maximum atomic E-state index is 13.7. The topological polar surface area (TPSA) is 133 Å². The first-order valence-electron chi connectivity index (χ1n) is 19.4. The van der Waals surface area contributed by atoms with E-state index < -0.39 is 5.82 Å². The lowest BCUT2D eigenvalue weighted by Gasteiger charge is -2.44. The van der Waals surface area contributed by atoms with E-state index in [2.05, 4.69) is 20.9 Å². The predicted molar refractivity (Wildman–Crippen MR) is 197 cm³/mol. The summed E-state index contributed by atoms with van der Waals surface area (Å²) in [6.45, 7) is 7.95. The maximum Gasteiger partial charge on any atom is 0.251 e. The van der Waals surface area contributed by atoms with Gasteiger partial charge >= 0.3 is 0 Å². The standard InChI is InChI=1S/C39H55FN6O5S/c1-26-34-24-36(48)43-32(4-2-3-15-42-38(50)27-5-7-31(40)8-6-27)23-35(47)41-16-9-30-25-46(33-13-20-51-21-14-33)19-12-29(30)22-37(49)45-17-10-28(11-18-45)39(44-34)52-26/h5-8,28-30,32-33H,2-4,9-25H2,1H3,(H,41,47)(H,42,50)(H,43,48)/t29-,30-,32-/m0/s1. The van der Waals surface area contributed by atoms with Gasteiger partial charge < -0.3 is 25.6 Å². The number of hydrogen-bond acceptors (Lipinski definition) is 8. The third-order valence-electron chi connectivity index (χ3n) is 11.5. The SMILES string of the molecule is Cc1sc2nc1CC(=O)N[C@@H](CCCCNC(=O)c1ccc(F)cc1)CC(=O)NCC[C@H]1CN(C3CCOCC3)CC[C@H]1CC(=O)N1CCC2CC1. The molecule has 0 unspecified atom stereocenters. The summed E-state index contributed by atoms with van der Waals surface area (Å²) in [4.78, 5) is 63.4. The molecule has 3 atom stereocenters. The van der Waals surface area contributed by atoms with E-state index in [1.165, 1.54) is 24.3 Å². The molecule has 1 aromatic heterocycles. The lowest BCUT2D eigenvalue weighted by molar-refractivity contribution is -0.134. The van der Waals surface area contributed by atoms with Crippen LogP contribution in [0.15, 0.2) is 24.3 Å². The van der Waals surface area contributed by atoms with Gasteiger partial charge in [-0.25, -0.2) is 9.37 Å². The number of unbranched alkanes of at least 4 members (excludes halogenated alkanes) is 1. The van der Waals surface area contributed by atoms with Crippen LogP contribution in [-0.2, 0) is 25.5 Å². The molecule has 284 valence electrons. The van der Waals surface area contributed by atoms with Gasteiger partial charge in [0.05, 0.1) is 17.1 Å². The highest BCUT2D eigenvalue weighted by molar-refractivity contribution is 7.11. The minimum Gasteiger partial charge on any atom is -0.381 e. The van der Waals surface area contributed by atoms with Crippen LogP contribution in [0.2, 0.25) is 0 Å². The zero-order valence-electron chi connectivity index (χ0n) is 30.5. The Balaban J connectivity index is 1.10. The number of fused-ring (bicyclic) bond motifs is 11. The molecule has 1 aromatic carbocycles. The fraction of sp³-hybridized carbons (Fsp3) is 0.667. The van der Waals surface area contributed by atoms with Crippen molar-refractivity contribution in [3.8, 4) is 0 Å². The van der Waals surface area contributed by atoms with Crippen molar-refractivity contribution in [2.45, 2.75) is 102 Å². The first kappa shape index (κ1) is 38.3. The molecule has 6 heterocycles. The number of halogens is 1. The number of piperidine rings is 2. The second-order valence-corrected chi connectivity index (χ2v) is 16.3. The lowest BCUT2D eigenvalue weighted by Crippen LogP contribution is -2.49. The molecule has 2 aromatic rings. The highest BCUT2D eigenvalue weighted by Gasteiger charge is 2.36. The van der Waals surface area contributed by atoms with Crippen molar-refractivity contribution in [3.05, 3.63) is 51.2 Å². The van der Waals surface area contributed by atoms with Crippen LogP contribution in [0, 0.1) is 24.6 Å². The third kappa shape index (κ3) is 10.6. The zero-order chi connectivity index (χ0) is 36.5. The number of ether oxygens (including phenoxy) is 1. The Hall–Kier alpha value is -3.42. The molecule has 0 aliphatic carbocycles. The second-order valence-electron chi connectivity index (χ2n) is 15.1. The predicted octanol–water partition coefficient (Wildman–Crippen LogP) is 4.34. The van der Waals surface area contributed by atoms with Gasteiger partial charge in [0.15, 0.2) is 0 Å². The molecule has 0 spiro atoms. The molecular weight excluding hydrogens is 684 g/mol. The summed E-state index contributed by atoms with van der Waals surface area (Å²) in [5.74, 6) is 0.197. The van der Waals surface area contributed by atoms with Crippen molar-refractivity contribution >= 4 is 35.0 Å². The third-order valence-corrected chi connectivity index (χ3v) is 12.7. The van der Waals surface area contributed by atoms with Crippen molar-refractivity contribution in [2.24, 2.45) is 11.8 Å². The molecule has 13 heteroatoms. The van der Waals surface area contributed by atoms with Crippen LogP contribution in [0.5, 0.6) is 0 Å². The van der Waals surface area contributed by atoms with Crippen molar-refractivity contribution in [1.82, 2.24) is 30.7 Å². The van der Waals surface area contributed by atoms with Crippen LogP contribution in [0.3, 0.4) is 0 Å². The van der Waals surface area contributed by atoms with Crippen LogP contribution < -0.4 is 16.0 Å². The molecule has 11 nitrogen and oxygen atoms in total. The van der Waals surface area contributed by atoms with E-state index in [0.29, 0.717) is 56.3 Å². The van der Waals surface area contributed by atoms with Crippen molar-refractivity contribution in [1.29, 1.82) is 0 Å². The monoisotopic (exact) mass is 738 g/mol. The van der Waals surface area contributed by atoms with Gasteiger partial charge in [-0.3, -0.25) is 24.1 Å². The molecule has 3 saturated heterocycles. The second kappa shape index (κ2) is 18.6. The number of nitrogens with one attached hydrogen (secondary N) is 3. The van der Waals surface area contributed by atoms with E-state index in [-0.39, 0.29) is 54.3 Å². The highest BCUT2D eigenvalue weighted by atomic mass is 32.1. The number of benzene rings is 1. The summed E-state index contributed by atoms with van der Waals surface area (Å²) in [7, 11) is 0. The number of thiazole rings is 1. The van der Waals surface area contributed by atoms with Gasteiger partial charge in [0.25, 0.3) is 5.91 Å². The van der Waals surface area contributed by atoms with Crippen LogP contribution in [0.25, 0.3) is 0 Å². The van der Waals surface area contributed by atoms with Gasteiger partial charge in [-0.2, -0.15) is 0 Å². The van der Waals surface area contributed by atoms with Crippen molar-refractivity contribution in [2.75, 3.05) is 52.5 Å². The maximum absolute atomic E-state index is 13.7. The van der Waals surface area contributed by atoms with Gasteiger partial charge in [-0.15, -0.1) is 11.3 Å². The highest BCUT2D eigenvalue weighted by Crippen LogP contribution is 2.35. The number of likely N-dealkylation sites (tertiary alicyclic amines) is 1. The van der Waals surface area contributed by atoms with Gasteiger partial charge in [-0.05, 0) is 107 Å². The average Bonchev–Trinajstić information content (AvgIpc) is 3.51. The Morgan fingerprint density at radius 2 is 1.73 bits per heavy atom. The summed E-state index contributed by atoms with van der Waals surface area (Å²) >= 11 is 1.65. The summed E-state index contributed by atoms with van der Waals surface area (Å²) in [6.07, 6.45) is 8.44. The molecule has 4 amide bonds. The van der Waals surface area contributed by atoms with E-state index in [1.54, 1.807) is 11.3 Å². The zero-order valence-corrected chi connectivity index (χ0v) is 31.3. The number of amides is 4. The summed E-state index contributed by atoms with van der Waals surface area (Å²) in [6, 6.07) is 5.58. The van der Waals surface area contributed by atoms with E-state index >= 15 is 0 Å². The first-order chi connectivity index (χ1) is 25.2. The molecule has 7 rings (SSSR count). The van der Waals surface area contributed by atoms with Gasteiger partial charge in [0, 0.05) is 87.2 Å². The molecule has 4 bridgehead atoms. The van der Waals surface area contributed by atoms with E-state index in [4.69, 9.17) is 9.72 Å². The van der Waals surface area contributed by atoms with E-state index in [1.807, 2.05) is 11.8 Å². The molecule has 5 aliphatic rings.